The highest BCUT2D eigenvalue weighted by Crippen LogP contribution is 2.28. The standard InChI is InChI=1S/C17H23FN2O3/c1-3-19-16(21)13-5-4-10-20(11-13)15(17(22)23-2)12-6-8-14(18)9-7-12/h6-9,13,15H,3-5,10-11H2,1-2H3,(H,19,21)/t13-,15-/m0/s1. The SMILES string of the molecule is CCNC(=O)[C@H]1CCCN([C@H](C(=O)OC)c2ccc(F)cc2)C1. The molecule has 1 aliphatic rings. The first-order valence-corrected chi connectivity index (χ1v) is 7.91. The number of hydrogen-bond donors (Lipinski definition) is 1. The molecule has 0 unspecified atom stereocenters. The number of ether oxygens (including phenoxy) is 1. The molecule has 1 heterocycles. The summed E-state index contributed by atoms with van der Waals surface area (Å²) in [5.74, 6) is -0.874. The summed E-state index contributed by atoms with van der Waals surface area (Å²) in [6.07, 6.45) is 1.64. The summed E-state index contributed by atoms with van der Waals surface area (Å²) in [5, 5.41) is 2.83. The number of benzene rings is 1. The topological polar surface area (TPSA) is 58.6 Å². The average molecular weight is 322 g/mol. The fourth-order valence-corrected chi connectivity index (χ4v) is 3.03. The Hall–Kier alpha value is -1.95. The predicted molar refractivity (Wildman–Crippen MR) is 84.1 cm³/mol. The molecule has 1 aliphatic heterocycles. The number of methoxy groups -OCH3 is 1. The lowest BCUT2D eigenvalue weighted by Gasteiger charge is -2.36. The molecule has 0 aromatic heterocycles. The van der Waals surface area contributed by atoms with E-state index in [1.807, 2.05) is 11.8 Å². The zero-order valence-corrected chi connectivity index (χ0v) is 13.5. The smallest absolute Gasteiger partial charge is 0.327 e. The van der Waals surface area contributed by atoms with Crippen LogP contribution in [-0.2, 0) is 14.3 Å². The van der Waals surface area contributed by atoms with E-state index in [-0.39, 0.29) is 17.6 Å². The van der Waals surface area contributed by atoms with E-state index in [0.29, 0.717) is 25.2 Å². The summed E-state index contributed by atoms with van der Waals surface area (Å²) in [4.78, 5) is 26.3. The molecule has 2 rings (SSSR count). The Kier molecular flexibility index (Phi) is 6.10. The maximum absolute atomic E-state index is 13.1. The van der Waals surface area contributed by atoms with E-state index < -0.39 is 12.0 Å². The van der Waals surface area contributed by atoms with Crippen molar-refractivity contribution in [3.63, 3.8) is 0 Å². The number of hydrogen-bond acceptors (Lipinski definition) is 4. The van der Waals surface area contributed by atoms with Crippen molar-refractivity contribution in [2.24, 2.45) is 5.92 Å². The molecule has 1 amide bonds. The van der Waals surface area contributed by atoms with Gasteiger partial charge in [-0.3, -0.25) is 9.69 Å². The van der Waals surface area contributed by atoms with Gasteiger partial charge in [-0.05, 0) is 44.0 Å². The van der Waals surface area contributed by atoms with Crippen LogP contribution in [0.5, 0.6) is 0 Å². The van der Waals surface area contributed by atoms with E-state index in [9.17, 15) is 14.0 Å². The number of halogens is 1. The summed E-state index contributed by atoms with van der Waals surface area (Å²) >= 11 is 0. The van der Waals surface area contributed by atoms with E-state index in [2.05, 4.69) is 5.32 Å². The number of carbonyl (C=O) groups is 2. The van der Waals surface area contributed by atoms with Crippen LogP contribution in [0.3, 0.4) is 0 Å². The van der Waals surface area contributed by atoms with Crippen molar-refractivity contribution in [2.45, 2.75) is 25.8 Å². The van der Waals surface area contributed by atoms with Crippen LogP contribution in [-0.4, -0.2) is 43.5 Å². The highest BCUT2D eigenvalue weighted by atomic mass is 19.1. The number of piperidine rings is 1. The molecule has 0 saturated carbocycles. The first-order chi connectivity index (χ1) is 11.1. The molecule has 2 atom stereocenters. The van der Waals surface area contributed by atoms with E-state index in [0.717, 1.165) is 12.8 Å². The third-order valence-electron chi connectivity index (χ3n) is 4.15. The van der Waals surface area contributed by atoms with Gasteiger partial charge in [-0.15, -0.1) is 0 Å². The fourth-order valence-electron chi connectivity index (χ4n) is 3.03. The maximum atomic E-state index is 13.1. The summed E-state index contributed by atoms with van der Waals surface area (Å²) in [5.41, 5.74) is 0.676. The average Bonchev–Trinajstić information content (AvgIpc) is 2.57. The highest BCUT2D eigenvalue weighted by Gasteiger charge is 2.34. The van der Waals surface area contributed by atoms with E-state index in [4.69, 9.17) is 4.74 Å². The first kappa shape index (κ1) is 17.4. The predicted octanol–water partition coefficient (Wildman–Crippen LogP) is 1.89. The first-order valence-electron chi connectivity index (χ1n) is 7.91. The zero-order chi connectivity index (χ0) is 16.8. The van der Waals surface area contributed by atoms with E-state index >= 15 is 0 Å². The molecule has 23 heavy (non-hydrogen) atoms. The van der Waals surface area contributed by atoms with Gasteiger partial charge in [-0.1, -0.05) is 12.1 Å². The normalized spacial score (nSPS) is 19.9. The van der Waals surface area contributed by atoms with Crippen molar-refractivity contribution in [3.8, 4) is 0 Å². The number of esters is 1. The number of nitrogens with one attached hydrogen (secondary N) is 1. The van der Waals surface area contributed by atoms with Crippen LogP contribution >= 0.6 is 0 Å². The van der Waals surface area contributed by atoms with Crippen molar-refractivity contribution >= 4 is 11.9 Å². The van der Waals surface area contributed by atoms with E-state index in [1.54, 1.807) is 12.1 Å². The molecule has 0 aliphatic carbocycles. The molecular weight excluding hydrogens is 299 g/mol. The highest BCUT2D eigenvalue weighted by molar-refractivity contribution is 5.80. The van der Waals surface area contributed by atoms with Crippen LogP contribution < -0.4 is 5.32 Å². The second kappa shape index (κ2) is 8.06. The Balaban J connectivity index is 2.20. The van der Waals surface area contributed by atoms with Crippen LogP contribution in [0.1, 0.15) is 31.4 Å². The van der Waals surface area contributed by atoms with Crippen molar-refractivity contribution in [1.29, 1.82) is 0 Å². The summed E-state index contributed by atoms with van der Waals surface area (Å²) in [6.45, 7) is 3.66. The Bertz CT molecular complexity index is 547. The van der Waals surface area contributed by atoms with Gasteiger partial charge in [0.15, 0.2) is 0 Å². The monoisotopic (exact) mass is 322 g/mol. The molecule has 0 bridgehead atoms. The molecule has 6 heteroatoms. The molecule has 0 spiro atoms. The minimum absolute atomic E-state index is 0.0138. The summed E-state index contributed by atoms with van der Waals surface area (Å²) in [6, 6.07) is 5.23. The van der Waals surface area contributed by atoms with Gasteiger partial charge in [0.25, 0.3) is 0 Å². The number of likely N-dealkylation sites (tertiary alicyclic amines) is 1. The fraction of sp³-hybridized carbons (Fsp3) is 0.529. The molecule has 1 N–H and O–H groups in total. The van der Waals surface area contributed by atoms with Crippen LogP contribution in [0, 0.1) is 11.7 Å². The number of nitrogens with zero attached hydrogens (tertiary/aromatic N) is 1. The Labute approximate surface area is 135 Å². The quantitative estimate of drug-likeness (QED) is 0.841. The molecule has 1 aromatic carbocycles. The third-order valence-corrected chi connectivity index (χ3v) is 4.15. The minimum Gasteiger partial charge on any atom is -0.468 e. The lowest BCUT2D eigenvalue weighted by molar-refractivity contribution is -0.149. The second-order valence-corrected chi connectivity index (χ2v) is 5.71. The van der Waals surface area contributed by atoms with Gasteiger partial charge in [-0.2, -0.15) is 0 Å². The lowest BCUT2D eigenvalue weighted by atomic mass is 9.94. The molecular formula is C17H23FN2O3. The van der Waals surface area contributed by atoms with Crippen LogP contribution in [0.15, 0.2) is 24.3 Å². The molecule has 5 nitrogen and oxygen atoms in total. The number of rotatable bonds is 5. The Morgan fingerprint density at radius 1 is 1.39 bits per heavy atom. The van der Waals surface area contributed by atoms with Crippen molar-refractivity contribution in [1.82, 2.24) is 10.2 Å². The van der Waals surface area contributed by atoms with Gasteiger partial charge in [0, 0.05) is 13.1 Å². The van der Waals surface area contributed by atoms with Gasteiger partial charge >= 0.3 is 5.97 Å². The van der Waals surface area contributed by atoms with Crippen molar-refractivity contribution in [2.75, 3.05) is 26.7 Å². The molecule has 0 radical (unpaired) electrons. The number of carbonyl (C=O) groups excluding carboxylic acids is 2. The maximum Gasteiger partial charge on any atom is 0.327 e. The van der Waals surface area contributed by atoms with Gasteiger partial charge < -0.3 is 10.1 Å². The minimum atomic E-state index is -0.613. The molecule has 126 valence electrons. The number of amides is 1. The third kappa shape index (κ3) is 4.28. The van der Waals surface area contributed by atoms with Gasteiger partial charge in [0.2, 0.25) is 5.91 Å². The van der Waals surface area contributed by atoms with Crippen molar-refractivity contribution in [3.05, 3.63) is 35.6 Å². The van der Waals surface area contributed by atoms with Crippen LogP contribution in [0.2, 0.25) is 0 Å². The van der Waals surface area contributed by atoms with Crippen LogP contribution in [0.25, 0.3) is 0 Å². The molecule has 1 saturated heterocycles. The van der Waals surface area contributed by atoms with Gasteiger partial charge in [0.05, 0.1) is 13.0 Å². The Morgan fingerprint density at radius 3 is 2.70 bits per heavy atom. The second-order valence-electron chi connectivity index (χ2n) is 5.71. The Morgan fingerprint density at radius 2 is 2.09 bits per heavy atom. The van der Waals surface area contributed by atoms with Crippen molar-refractivity contribution < 1.29 is 18.7 Å². The van der Waals surface area contributed by atoms with E-state index in [1.165, 1.54) is 19.2 Å². The van der Waals surface area contributed by atoms with Crippen LogP contribution in [0.4, 0.5) is 4.39 Å². The molecule has 1 aromatic rings. The van der Waals surface area contributed by atoms with Gasteiger partial charge in [0.1, 0.15) is 11.9 Å². The van der Waals surface area contributed by atoms with Gasteiger partial charge in [-0.25, -0.2) is 9.18 Å². The zero-order valence-electron chi connectivity index (χ0n) is 13.5. The summed E-state index contributed by atoms with van der Waals surface area (Å²) < 4.78 is 18.1. The summed E-state index contributed by atoms with van der Waals surface area (Å²) in [7, 11) is 1.34. The lowest BCUT2D eigenvalue weighted by Crippen LogP contribution is -2.46. The largest absolute Gasteiger partial charge is 0.468 e. The molecule has 1 fully saturated rings.